The number of rotatable bonds is 3. The standard InChI is InChI=1S/C12H11N3OS/c1-8-5-9(2)14-12(11(8)6-13)17-7-10-3-4-16-15-10/h3-5H,7H2,1-2H3. The average Bonchev–Trinajstić information content (AvgIpc) is 2.78. The highest BCUT2D eigenvalue weighted by molar-refractivity contribution is 7.98. The number of aromatic nitrogens is 2. The van der Waals surface area contributed by atoms with E-state index in [1.165, 1.54) is 18.0 Å². The molecule has 5 heteroatoms. The lowest BCUT2D eigenvalue weighted by Crippen LogP contribution is -1.94. The van der Waals surface area contributed by atoms with Crippen molar-refractivity contribution in [2.45, 2.75) is 24.6 Å². The van der Waals surface area contributed by atoms with Crippen molar-refractivity contribution in [3.05, 3.63) is 40.9 Å². The molecule has 0 aliphatic carbocycles. The third-order valence-corrected chi connectivity index (χ3v) is 3.28. The van der Waals surface area contributed by atoms with Crippen molar-refractivity contribution < 1.29 is 4.52 Å². The molecular weight excluding hydrogens is 234 g/mol. The van der Waals surface area contributed by atoms with Crippen molar-refractivity contribution in [2.75, 3.05) is 0 Å². The zero-order valence-corrected chi connectivity index (χ0v) is 10.4. The number of nitrogens with zero attached hydrogens (tertiary/aromatic N) is 3. The lowest BCUT2D eigenvalue weighted by atomic mass is 10.1. The maximum Gasteiger partial charge on any atom is 0.124 e. The van der Waals surface area contributed by atoms with Gasteiger partial charge in [-0.1, -0.05) is 16.9 Å². The normalized spacial score (nSPS) is 10.2. The van der Waals surface area contributed by atoms with Gasteiger partial charge >= 0.3 is 0 Å². The molecule has 0 radical (unpaired) electrons. The Morgan fingerprint density at radius 2 is 2.29 bits per heavy atom. The van der Waals surface area contributed by atoms with E-state index >= 15 is 0 Å². The molecule has 2 heterocycles. The SMILES string of the molecule is Cc1cc(C)c(C#N)c(SCc2ccon2)n1. The number of thioether (sulfide) groups is 1. The van der Waals surface area contributed by atoms with Crippen LogP contribution >= 0.6 is 11.8 Å². The number of nitriles is 1. The van der Waals surface area contributed by atoms with Gasteiger partial charge in [-0.25, -0.2) is 4.98 Å². The van der Waals surface area contributed by atoms with Gasteiger partial charge in [-0.3, -0.25) is 0 Å². The second-order valence-corrected chi connectivity index (χ2v) is 4.62. The highest BCUT2D eigenvalue weighted by Gasteiger charge is 2.09. The third-order valence-electron chi connectivity index (χ3n) is 2.27. The van der Waals surface area contributed by atoms with E-state index in [1.54, 1.807) is 0 Å². The molecule has 0 saturated heterocycles. The van der Waals surface area contributed by atoms with Crippen molar-refractivity contribution in [3.8, 4) is 6.07 Å². The topological polar surface area (TPSA) is 62.7 Å². The second kappa shape index (κ2) is 5.02. The quantitative estimate of drug-likeness (QED) is 0.778. The van der Waals surface area contributed by atoms with Crippen LogP contribution in [0.15, 0.2) is 27.9 Å². The number of hydrogen-bond donors (Lipinski definition) is 0. The Kier molecular flexibility index (Phi) is 3.45. The summed E-state index contributed by atoms with van der Waals surface area (Å²) in [5.74, 6) is 0.654. The first-order chi connectivity index (χ1) is 8.20. The fraction of sp³-hybridized carbons (Fsp3) is 0.250. The molecule has 0 N–H and O–H groups in total. The predicted molar refractivity (Wildman–Crippen MR) is 64.5 cm³/mol. The summed E-state index contributed by atoms with van der Waals surface area (Å²) in [6.45, 7) is 3.85. The van der Waals surface area contributed by atoms with Crippen LogP contribution in [0.2, 0.25) is 0 Å². The smallest absolute Gasteiger partial charge is 0.124 e. The number of hydrogen-bond acceptors (Lipinski definition) is 5. The molecule has 0 amide bonds. The summed E-state index contributed by atoms with van der Waals surface area (Å²) in [5, 5.41) is 13.7. The van der Waals surface area contributed by atoms with Gasteiger partial charge in [0.1, 0.15) is 17.4 Å². The summed E-state index contributed by atoms with van der Waals surface area (Å²) in [7, 11) is 0. The maximum absolute atomic E-state index is 9.11. The highest BCUT2D eigenvalue weighted by Crippen LogP contribution is 2.26. The van der Waals surface area contributed by atoms with Crippen LogP contribution < -0.4 is 0 Å². The van der Waals surface area contributed by atoms with Crippen LogP contribution in [0.1, 0.15) is 22.5 Å². The van der Waals surface area contributed by atoms with Crippen LogP contribution in [0.25, 0.3) is 0 Å². The largest absolute Gasteiger partial charge is 0.364 e. The summed E-state index contributed by atoms with van der Waals surface area (Å²) in [5.41, 5.74) is 3.37. The van der Waals surface area contributed by atoms with Gasteiger partial charge < -0.3 is 4.52 Å². The maximum atomic E-state index is 9.11. The van der Waals surface area contributed by atoms with E-state index in [9.17, 15) is 0 Å². The molecule has 0 fully saturated rings. The highest BCUT2D eigenvalue weighted by atomic mass is 32.2. The molecule has 0 aliphatic heterocycles. The minimum atomic E-state index is 0.643. The molecule has 2 aromatic rings. The van der Waals surface area contributed by atoms with Crippen molar-refractivity contribution in [3.63, 3.8) is 0 Å². The van der Waals surface area contributed by atoms with Gasteiger partial charge in [0, 0.05) is 17.5 Å². The Bertz CT molecular complexity index is 558. The fourth-order valence-electron chi connectivity index (χ4n) is 1.50. The van der Waals surface area contributed by atoms with E-state index in [-0.39, 0.29) is 0 Å². The summed E-state index contributed by atoms with van der Waals surface area (Å²) in [6.07, 6.45) is 1.54. The Labute approximate surface area is 104 Å². The van der Waals surface area contributed by atoms with Gasteiger partial charge in [0.25, 0.3) is 0 Å². The van der Waals surface area contributed by atoms with E-state index in [1.807, 2.05) is 26.0 Å². The molecule has 86 valence electrons. The van der Waals surface area contributed by atoms with Gasteiger partial charge in [-0.05, 0) is 25.5 Å². The van der Waals surface area contributed by atoms with Crippen LogP contribution in [0.3, 0.4) is 0 Å². The Balaban J connectivity index is 2.23. The van der Waals surface area contributed by atoms with Gasteiger partial charge in [0.05, 0.1) is 11.3 Å². The predicted octanol–water partition coefficient (Wildman–Crippen LogP) is 2.85. The van der Waals surface area contributed by atoms with E-state index < -0.39 is 0 Å². The first-order valence-corrected chi connectivity index (χ1v) is 6.09. The molecule has 4 nitrogen and oxygen atoms in total. The average molecular weight is 245 g/mol. The lowest BCUT2D eigenvalue weighted by molar-refractivity contribution is 0.414. The van der Waals surface area contributed by atoms with E-state index in [4.69, 9.17) is 9.78 Å². The summed E-state index contributed by atoms with van der Waals surface area (Å²) in [4.78, 5) is 4.39. The van der Waals surface area contributed by atoms with Gasteiger partial charge in [-0.15, -0.1) is 0 Å². The van der Waals surface area contributed by atoms with Gasteiger partial charge in [0.15, 0.2) is 0 Å². The molecule has 0 unspecified atom stereocenters. The fourth-order valence-corrected chi connectivity index (χ4v) is 2.49. The van der Waals surface area contributed by atoms with Crippen molar-refractivity contribution in [1.82, 2.24) is 10.1 Å². The van der Waals surface area contributed by atoms with Crippen molar-refractivity contribution >= 4 is 11.8 Å². The Hall–Kier alpha value is -1.80. The number of pyridine rings is 1. The van der Waals surface area contributed by atoms with E-state index in [2.05, 4.69) is 16.2 Å². The molecule has 2 rings (SSSR count). The van der Waals surface area contributed by atoms with Crippen LogP contribution in [-0.4, -0.2) is 10.1 Å². The lowest BCUT2D eigenvalue weighted by Gasteiger charge is -2.05. The number of aryl methyl sites for hydroxylation is 2. The van der Waals surface area contributed by atoms with Crippen LogP contribution in [0.5, 0.6) is 0 Å². The van der Waals surface area contributed by atoms with Crippen LogP contribution in [0, 0.1) is 25.2 Å². The van der Waals surface area contributed by atoms with E-state index in [0.717, 1.165) is 22.0 Å². The van der Waals surface area contributed by atoms with Crippen molar-refractivity contribution in [1.29, 1.82) is 5.26 Å². The molecule has 0 spiro atoms. The van der Waals surface area contributed by atoms with Gasteiger partial charge in [-0.2, -0.15) is 5.26 Å². The van der Waals surface area contributed by atoms with Crippen LogP contribution in [0.4, 0.5) is 0 Å². The summed E-state index contributed by atoms with van der Waals surface area (Å²) >= 11 is 1.50. The molecule has 0 saturated carbocycles. The molecule has 0 atom stereocenters. The monoisotopic (exact) mass is 245 g/mol. The molecular formula is C12H11N3OS. The summed E-state index contributed by atoms with van der Waals surface area (Å²) in [6, 6.07) is 5.92. The minimum Gasteiger partial charge on any atom is -0.364 e. The second-order valence-electron chi connectivity index (χ2n) is 3.65. The summed E-state index contributed by atoms with van der Waals surface area (Å²) < 4.78 is 4.76. The first-order valence-electron chi connectivity index (χ1n) is 5.11. The van der Waals surface area contributed by atoms with Crippen LogP contribution in [-0.2, 0) is 5.75 Å². The molecule has 0 bridgehead atoms. The molecule has 17 heavy (non-hydrogen) atoms. The minimum absolute atomic E-state index is 0.643. The Morgan fingerprint density at radius 3 is 2.94 bits per heavy atom. The third kappa shape index (κ3) is 2.66. The zero-order chi connectivity index (χ0) is 12.3. The molecule has 0 aliphatic rings. The first kappa shape index (κ1) is 11.7. The molecule has 0 aromatic carbocycles. The zero-order valence-electron chi connectivity index (χ0n) is 9.60. The Morgan fingerprint density at radius 1 is 1.47 bits per heavy atom. The van der Waals surface area contributed by atoms with E-state index in [0.29, 0.717) is 11.3 Å². The molecule has 2 aromatic heterocycles. The van der Waals surface area contributed by atoms with Crippen molar-refractivity contribution in [2.24, 2.45) is 0 Å². The van der Waals surface area contributed by atoms with Gasteiger partial charge in [0.2, 0.25) is 0 Å².